The summed E-state index contributed by atoms with van der Waals surface area (Å²) in [6, 6.07) is 31.2. The average Bonchev–Trinajstić information content (AvgIpc) is 3.27. The van der Waals surface area contributed by atoms with Crippen molar-refractivity contribution in [3.63, 3.8) is 0 Å². The number of hydrogen-bond acceptors (Lipinski definition) is 2. The lowest BCUT2D eigenvalue weighted by atomic mass is 9.92. The molecule has 0 unspecified atom stereocenters. The molecule has 0 saturated heterocycles. The van der Waals surface area contributed by atoms with Gasteiger partial charge in [-0.2, -0.15) is 0 Å². The molecule has 0 saturated carbocycles. The van der Waals surface area contributed by atoms with Crippen LogP contribution in [0.3, 0.4) is 0 Å². The Labute approximate surface area is 170 Å². The summed E-state index contributed by atoms with van der Waals surface area (Å²) in [5.41, 5.74) is 3.06. The molecule has 0 atom stereocenters. The molecule has 0 spiro atoms. The topological polar surface area (TPSA) is 12.9 Å². The Morgan fingerprint density at radius 2 is 1.10 bits per heavy atom. The minimum atomic E-state index is 1.11. The van der Waals surface area contributed by atoms with Crippen LogP contribution in [0.15, 0.2) is 90.4 Å². The Kier molecular flexibility index (Phi) is 2.94. The van der Waals surface area contributed by atoms with E-state index in [-0.39, 0.29) is 0 Å². The molecule has 0 aliphatic carbocycles. The van der Waals surface area contributed by atoms with Gasteiger partial charge in [-0.3, -0.25) is 0 Å². The fourth-order valence-electron chi connectivity index (χ4n) is 4.88. The SMILES string of the molecule is c1ccc2c(c1)ccc1c2ccc2ccc3c(ccc4ccc5scnc5c43)c21. The minimum absolute atomic E-state index is 1.11. The van der Waals surface area contributed by atoms with E-state index in [0.29, 0.717) is 0 Å². The molecule has 1 heterocycles. The summed E-state index contributed by atoms with van der Waals surface area (Å²) in [4.78, 5) is 4.70. The summed E-state index contributed by atoms with van der Waals surface area (Å²) in [7, 11) is 0. The predicted octanol–water partition coefficient (Wildman–Crippen LogP) is 8.06. The summed E-state index contributed by atoms with van der Waals surface area (Å²) in [5.74, 6) is 0. The van der Waals surface area contributed by atoms with E-state index in [1.54, 1.807) is 11.3 Å². The fraction of sp³-hybridized carbons (Fsp3) is 0. The molecule has 1 aromatic heterocycles. The van der Waals surface area contributed by atoms with Crippen molar-refractivity contribution in [3.8, 4) is 0 Å². The highest BCUT2D eigenvalue weighted by Gasteiger charge is 2.12. The van der Waals surface area contributed by atoms with Crippen molar-refractivity contribution in [2.75, 3.05) is 0 Å². The van der Waals surface area contributed by atoms with Gasteiger partial charge in [-0.25, -0.2) is 4.98 Å². The van der Waals surface area contributed by atoms with Crippen molar-refractivity contribution in [1.29, 1.82) is 0 Å². The van der Waals surface area contributed by atoms with Crippen LogP contribution in [0.5, 0.6) is 0 Å². The second-order valence-corrected chi connectivity index (χ2v) is 8.52. The molecule has 7 rings (SSSR count). The molecule has 0 radical (unpaired) electrons. The molecule has 0 amide bonds. The zero-order valence-corrected chi connectivity index (χ0v) is 16.3. The Bertz CT molecular complexity index is 1760. The van der Waals surface area contributed by atoms with Gasteiger partial charge in [-0.1, -0.05) is 78.9 Å². The first kappa shape index (κ1) is 15.4. The van der Waals surface area contributed by atoms with Crippen molar-refractivity contribution >= 4 is 75.4 Å². The Morgan fingerprint density at radius 1 is 0.483 bits per heavy atom. The van der Waals surface area contributed by atoms with Crippen LogP contribution in [0.25, 0.3) is 64.1 Å². The second-order valence-electron chi connectivity index (χ2n) is 7.63. The zero-order valence-electron chi connectivity index (χ0n) is 15.5. The van der Waals surface area contributed by atoms with E-state index in [1.807, 2.05) is 5.51 Å². The van der Waals surface area contributed by atoms with Gasteiger partial charge in [0.2, 0.25) is 0 Å². The molecular formula is C27H15NS. The van der Waals surface area contributed by atoms with Crippen molar-refractivity contribution in [2.24, 2.45) is 0 Å². The lowest BCUT2D eigenvalue weighted by Crippen LogP contribution is -1.85. The monoisotopic (exact) mass is 385 g/mol. The van der Waals surface area contributed by atoms with Gasteiger partial charge < -0.3 is 0 Å². The van der Waals surface area contributed by atoms with Gasteiger partial charge in [0.05, 0.1) is 15.7 Å². The highest BCUT2D eigenvalue weighted by Crippen LogP contribution is 2.39. The molecule has 29 heavy (non-hydrogen) atoms. The average molecular weight is 385 g/mol. The number of hydrogen-bond donors (Lipinski definition) is 0. The van der Waals surface area contributed by atoms with E-state index in [4.69, 9.17) is 4.98 Å². The highest BCUT2D eigenvalue weighted by molar-refractivity contribution is 7.16. The van der Waals surface area contributed by atoms with E-state index >= 15 is 0 Å². The van der Waals surface area contributed by atoms with Crippen LogP contribution < -0.4 is 0 Å². The van der Waals surface area contributed by atoms with Crippen molar-refractivity contribution in [1.82, 2.24) is 4.98 Å². The maximum atomic E-state index is 4.70. The number of fused-ring (bicyclic) bond motifs is 11. The van der Waals surface area contributed by atoms with E-state index in [9.17, 15) is 0 Å². The molecular weight excluding hydrogens is 370 g/mol. The van der Waals surface area contributed by atoms with E-state index < -0.39 is 0 Å². The van der Waals surface area contributed by atoms with Gasteiger partial charge in [0.15, 0.2) is 0 Å². The van der Waals surface area contributed by atoms with Gasteiger partial charge in [0.1, 0.15) is 0 Å². The van der Waals surface area contributed by atoms with E-state index in [2.05, 4.69) is 84.9 Å². The third kappa shape index (κ3) is 2.01. The van der Waals surface area contributed by atoms with Crippen molar-refractivity contribution in [2.45, 2.75) is 0 Å². The predicted molar refractivity (Wildman–Crippen MR) is 127 cm³/mol. The zero-order chi connectivity index (χ0) is 18.9. The summed E-state index contributed by atoms with van der Waals surface area (Å²) >= 11 is 1.71. The van der Waals surface area contributed by atoms with Crippen LogP contribution in [-0.4, -0.2) is 4.98 Å². The molecule has 6 aromatic carbocycles. The summed E-state index contributed by atoms with van der Waals surface area (Å²) in [6.07, 6.45) is 0. The van der Waals surface area contributed by atoms with Crippen LogP contribution in [0.1, 0.15) is 0 Å². The molecule has 1 nitrogen and oxygen atoms in total. The van der Waals surface area contributed by atoms with Gasteiger partial charge in [0.25, 0.3) is 0 Å². The van der Waals surface area contributed by atoms with Crippen molar-refractivity contribution < 1.29 is 0 Å². The first-order chi connectivity index (χ1) is 14.4. The van der Waals surface area contributed by atoms with Crippen LogP contribution in [0.4, 0.5) is 0 Å². The smallest absolute Gasteiger partial charge is 0.0896 e. The second kappa shape index (κ2) is 5.53. The van der Waals surface area contributed by atoms with Crippen LogP contribution in [-0.2, 0) is 0 Å². The molecule has 0 aliphatic heterocycles. The Hall–Kier alpha value is -3.49. The third-order valence-corrected chi connectivity index (χ3v) is 6.98. The molecule has 0 aliphatic rings. The number of thiazole rings is 1. The standard InChI is InChI=1S/C27H15NS/c1-2-4-19-16(3-1)5-11-21-20(19)10-6-17-7-13-23-22(25(17)21)12-8-18-9-14-24-27(26(18)23)28-15-29-24/h1-15H. The quantitative estimate of drug-likeness (QED) is 0.241. The lowest BCUT2D eigenvalue weighted by Gasteiger charge is -2.12. The Balaban J connectivity index is 1.76. The number of benzene rings is 6. The maximum Gasteiger partial charge on any atom is 0.0896 e. The maximum absolute atomic E-state index is 4.70. The Morgan fingerprint density at radius 3 is 1.97 bits per heavy atom. The van der Waals surface area contributed by atoms with Gasteiger partial charge in [-0.05, 0) is 54.5 Å². The van der Waals surface area contributed by atoms with Gasteiger partial charge in [-0.15, -0.1) is 11.3 Å². The molecule has 0 fully saturated rings. The van der Waals surface area contributed by atoms with Crippen LogP contribution in [0.2, 0.25) is 0 Å². The molecule has 0 bridgehead atoms. The molecule has 0 N–H and O–H groups in total. The summed E-state index contributed by atoms with van der Waals surface area (Å²) in [6.45, 7) is 0. The van der Waals surface area contributed by atoms with Crippen LogP contribution >= 0.6 is 11.3 Å². The first-order valence-electron chi connectivity index (χ1n) is 9.80. The van der Waals surface area contributed by atoms with E-state index in [0.717, 1.165) is 5.52 Å². The van der Waals surface area contributed by atoms with Gasteiger partial charge >= 0.3 is 0 Å². The fourth-order valence-corrected chi connectivity index (χ4v) is 5.56. The normalized spacial score (nSPS) is 12.1. The van der Waals surface area contributed by atoms with E-state index in [1.165, 1.54) is 58.6 Å². The minimum Gasteiger partial charge on any atom is -0.244 e. The highest BCUT2D eigenvalue weighted by atomic mass is 32.1. The van der Waals surface area contributed by atoms with Gasteiger partial charge in [0, 0.05) is 5.39 Å². The van der Waals surface area contributed by atoms with Crippen LogP contribution in [0, 0.1) is 0 Å². The molecule has 2 heteroatoms. The molecule has 134 valence electrons. The lowest BCUT2D eigenvalue weighted by molar-refractivity contribution is 1.52. The first-order valence-corrected chi connectivity index (χ1v) is 10.7. The summed E-state index contributed by atoms with van der Waals surface area (Å²) < 4.78 is 1.24. The molecule has 7 aromatic rings. The largest absolute Gasteiger partial charge is 0.244 e. The number of nitrogens with zero attached hydrogens (tertiary/aromatic N) is 1. The number of aromatic nitrogens is 1. The van der Waals surface area contributed by atoms with Crippen molar-refractivity contribution in [3.05, 3.63) is 90.4 Å². The third-order valence-electron chi connectivity index (χ3n) is 6.18. The number of rotatable bonds is 0. The summed E-state index contributed by atoms with van der Waals surface area (Å²) in [5, 5.41) is 12.9.